The average molecular weight is 430 g/mol. The summed E-state index contributed by atoms with van der Waals surface area (Å²) in [6.07, 6.45) is 1.88. The number of hydrogen-bond acceptors (Lipinski definition) is 4. The molecule has 0 N–H and O–H groups in total. The standard InChI is InChI=1S/C25H20ClN3O2/c1-3-31-20-11-12-23-21(14-20)25-22(15-27-23)24(16-5-4-6-19(13-16)30-2)28-29(25)18-9-7-17(26)8-10-18/h4-15H,3H2,1-2H3. The van der Waals surface area contributed by atoms with Crippen LogP contribution in [0.2, 0.25) is 5.02 Å². The van der Waals surface area contributed by atoms with Crippen molar-refractivity contribution in [3.05, 3.63) is 77.9 Å². The zero-order valence-corrected chi connectivity index (χ0v) is 17.9. The Hall–Kier alpha value is -3.57. The number of ether oxygens (including phenoxy) is 2. The molecule has 6 heteroatoms. The van der Waals surface area contributed by atoms with Crippen LogP contribution in [-0.2, 0) is 0 Å². The van der Waals surface area contributed by atoms with E-state index in [4.69, 9.17) is 31.2 Å². The molecule has 31 heavy (non-hydrogen) atoms. The Balaban J connectivity index is 1.85. The number of hydrogen-bond donors (Lipinski definition) is 0. The molecule has 5 aromatic rings. The van der Waals surface area contributed by atoms with E-state index in [-0.39, 0.29) is 0 Å². The Kier molecular flexibility index (Phi) is 4.96. The van der Waals surface area contributed by atoms with Gasteiger partial charge >= 0.3 is 0 Å². The summed E-state index contributed by atoms with van der Waals surface area (Å²) in [6.45, 7) is 2.57. The van der Waals surface area contributed by atoms with Crippen LogP contribution in [0.25, 0.3) is 38.8 Å². The number of rotatable bonds is 5. The van der Waals surface area contributed by atoms with Gasteiger partial charge in [0.15, 0.2) is 0 Å². The second kappa shape index (κ2) is 7.93. The Morgan fingerprint density at radius 3 is 2.55 bits per heavy atom. The van der Waals surface area contributed by atoms with Crippen molar-refractivity contribution in [2.75, 3.05) is 13.7 Å². The minimum Gasteiger partial charge on any atom is -0.497 e. The van der Waals surface area contributed by atoms with E-state index in [1.165, 1.54) is 0 Å². The van der Waals surface area contributed by atoms with Crippen molar-refractivity contribution in [2.45, 2.75) is 6.92 Å². The zero-order valence-electron chi connectivity index (χ0n) is 17.2. The van der Waals surface area contributed by atoms with Crippen LogP contribution in [0.4, 0.5) is 0 Å². The van der Waals surface area contributed by atoms with Gasteiger partial charge < -0.3 is 9.47 Å². The SMILES string of the molecule is CCOc1ccc2ncc3c(-c4cccc(OC)c4)nn(-c4ccc(Cl)cc4)c3c2c1. The molecule has 0 fully saturated rings. The molecule has 0 atom stereocenters. The zero-order chi connectivity index (χ0) is 21.4. The first-order chi connectivity index (χ1) is 15.2. The van der Waals surface area contributed by atoms with Crippen LogP contribution < -0.4 is 9.47 Å². The number of methoxy groups -OCH3 is 1. The first-order valence-corrected chi connectivity index (χ1v) is 10.4. The summed E-state index contributed by atoms with van der Waals surface area (Å²) < 4.78 is 13.1. The summed E-state index contributed by atoms with van der Waals surface area (Å²) in [7, 11) is 1.66. The first kappa shape index (κ1) is 19.4. The molecule has 0 aliphatic rings. The molecule has 3 aromatic carbocycles. The fraction of sp³-hybridized carbons (Fsp3) is 0.120. The fourth-order valence-electron chi connectivity index (χ4n) is 3.77. The third-order valence-corrected chi connectivity index (χ3v) is 5.46. The van der Waals surface area contributed by atoms with E-state index >= 15 is 0 Å². The molecular weight excluding hydrogens is 410 g/mol. The van der Waals surface area contributed by atoms with Crippen LogP contribution in [0.5, 0.6) is 11.5 Å². The summed E-state index contributed by atoms with van der Waals surface area (Å²) >= 11 is 6.13. The van der Waals surface area contributed by atoms with Crippen molar-refractivity contribution in [3.63, 3.8) is 0 Å². The predicted octanol–water partition coefficient (Wildman–Crippen LogP) is 6.30. The van der Waals surface area contributed by atoms with Gasteiger partial charge in [-0.1, -0.05) is 23.7 Å². The molecule has 0 bridgehead atoms. The van der Waals surface area contributed by atoms with Crippen molar-refractivity contribution in [3.8, 4) is 28.4 Å². The predicted molar refractivity (Wildman–Crippen MR) is 125 cm³/mol. The van der Waals surface area contributed by atoms with Crippen molar-refractivity contribution in [1.29, 1.82) is 0 Å². The van der Waals surface area contributed by atoms with E-state index in [9.17, 15) is 0 Å². The molecule has 5 nitrogen and oxygen atoms in total. The van der Waals surface area contributed by atoms with Crippen LogP contribution in [0.3, 0.4) is 0 Å². The van der Waals surface area contributed by atoms with Gasteiger partial charge in [-0.05, 0) is 61.5 Å². The maximum absolute atomic E-state index is 6.13. The number of fused-ring (bicyclic) bond motifs is 3. The van der Waals surface area contributed by atoms with Crippen LogP contribution in [0.15, 0.2) is 72.9 Å². The van der Waals surface area contributed by atoms with E-state index in [0.717, 1.165) is 50.2 Å². The highest BCUT2D eigenvalue weighted by molar-refractivity contribution is 6.30. The van der Waals surface area contributed by atoms with Crippen molar-refractivity contribution >= 4 is 33.4 Å². The second-order valence-corrected chi connectivity index (χ2v) is 7.54. The molecule has 0 aliphatic heterocycles. The minimum atomic E-state index is 0.598. The van der Waals surface area contributed by atoms with Crippen molar-refractivity contribution < 1.29 is 9.47 Å². The largest absolute Gasteiger partial charge is 0.497 e. The molecule has 2 heterocycles. The molecule has 154 valence electrons. The van der Waals surface area contributed by atoms with Crippen LogP contribution >= 0.6 is 11.6 Å². The van der Waals surface area contributed by atoms with Crippen LogP contribution in [-0.4, -0.2) is 28.5 Å². The second-order valence-electron chi connectivity index (χ2n) is 7.10. The number of benzene rings is 3. The van der Waals surface area contributed by atoms with E-state index in [1.54, 1.807) is 7.11 Å². The van der Waals surface area contributed by atoms with Gasteiger partial charge in [-0.15, -0.1) is 0 Å². The minimum absolute atomic E-state index is 0.598. The molecule has 0 saturated carbocycles. The van der Waals surface area contributed by atoms with E-state index in [1.807, 2.05) is 84.5 Å². The summed E-state index contributed by atoms with van der Waals surface area (Å²) in [5.74, 6) is 1.58. The quantitative estimate of drug-likeness (QED) is 0.329. The lowest BCUT2D eigenvalue weighted by molar-refractivity contribution is 0.341. The number of nitrogens with zero attached hydrogens (tertiary/aromatic N) is 3. The molecule has 0 amide bonds. The van der Waals surface area contributed by atoms with Gasteiger partial charge in [0, 0.05) is 27.6 Å². The van der Waals surface area contributed by atoms with Gasteiger partial charge in [-0.3, -0.25) is 4.98 Å². The van der Waals surface area contributed by atoms with Crippen molar-refractivity contribution in [1.82, 2.24) is 14.8 Å². The summed E-state index contributed by atoms with van der Waals surface area (Å²) in [6, 6.07) is 21.5. The summed E-state index contributed by atoms with van der Waals surface area (Å²) in [5.41, 5.74) is 4.55. The molecule has 0 spiro atoms. The van der Waals surface area contributed by atoms with E-state index in [2.05, 4.69) is 0 Å². The van der Waals surface area contributed by atoms with Crippen LogP contribution in [0, 0.1) is 0 Å². The van der Waals surface area contributed by atoms with Gasteiger partial charge in [0.05, 0.1) is 30.4 Å². The first-order valence-electron chi connectivity index (χ1n) is 10.0. The number of halogens is 1. The molecule has 0 radical (unpaired) electrons. The average Bonchev–Trinajstić information content (AvgIpc) is 3.20. The maximum Gasteiger partial charge on any atom is 0.120 e. The van der Waals surface area contributed by atoms with Crippen LogP contribution in [0.1, 0.15) is 6.92 Å². The molecule has 0 aliphatic carbocycles. The lowest BCUT2D eigenvalue weighted by Crippen LogP contribution is -1.97. The Bertz CT molecular complexity index is 1390. The summed E-state index contributed by atoms with van der Waals surface area (Å²) in [4.78, 5) is 4.70. The third kappa shape index (κ3) is 3.47. The lowest BCUT2D eigenvalue weighted by atomic mass is 10.1. The number of aromatic nitrogens is 3. The summed E-state index contributed by atoms with van der Waals surface area (Å²) in [5, 5.41) is 7.60. The Morgan fingerprint density at radius 2 is 1.77 bits per heavy atom. The lowest BCUT2D eigenvalue weighted by Gasteiger charge is -2.08. The van der Waals surface area contributed by atoms with Crippen molar-refractivity contribution in [2.24, 2.45) is 0 Å². The van der Waals surface area contributed by atoms with Gasteiger partial charge in [0.2, 0.25) is 0 Å². The maximum atomic E-state index is 6.13. The van der Waals surface area contributed by atoms with Gasteiger partial charge in [-0.2, -0.15) is 5.10 Å². The molecular formula is C25H20ClN3O2. The van der Waals surface area contributed by atoms with Gasteiger partial charge in [-0.25, -0.2) is 4.68 Å². The molecule has 5 rings (SSSR count). The molecule has 0 unspecified atom stereocenters. The molecule has 2 aromatic heterocycles. The Labute approximate surface area is 184 Å². The Morgan fingerprint density at radius 1 is 0.935 bits per heavy atom. The fourth-order valence-corrected chi connectivity index (χ4v) is 3.90. The third-order valence-electron chi connectivity index (χ3n) is 5.20. The van der Waals surface area contributed by atoms with Gasteiger partial charge in [0.1, 0.15) is 17.2 Å². The molecule has 0 saturated heterocycles. The highest BCUT2D eigenvalue weighted by Crippen LogP contribution is 2.36. The highest BCUT2D eigenvalue weighted by atomic mass is 35.5. The monoisotopic (exact) mass is 429 g/mol. The smallest absolute Gasteiger partial charge is 0.120 e. The number of pyridine rings is 1. The topological polar surface area (TPSA) is 49.2 Å². The normalized spacial score (nSPS) is 11.2. The van der Waals surface area contributed by atoms with E-state index in [0.29, 0.717) is 11.6 Å². The van der Waals surface area contributed by atoms with E-state index < -0.39 is 0 Å². The van der Waals surface area contributed by atoms with Gasteiger partial charge in [0.25, 0.3) is 0 Å². The highest BCUT2D eigenvalue weighted by Gasteiger charge is 2.18.